The molecule has 5 heteroatoms. The molecule has 19 heavy (non-hydrogen) atoms. The van der Waals surface area contributed by atoms with Gasteiger partial charge in [0, 0.05) is 19.2 Å². The van der Waals surface area contributed by atoms with E-state index in [0.717, 1.165) is 37.8 Å². The molecule has 104 valence electrons. The van der Waals surface area contributed by atoms with Gasteiger partial charge < -0.3 is 10.2 Å². The Kier molecular flexibility index (Phi) is 4.71. The summed E-state index contributed by atoms with van der Waals surface area (Å²) in [4.78, 5) is 13.7. The van der Waals surface area contributed by atoms with Crippen LogP contribution in [0.1, 0.15) is 32.1 Å². The minimum atomic E-state index is -0.750. The van der Waals surface area contributed by atoms with Crippen molar-refractivity contribution < 1.29 is 13.6 Å². The minimum absolute atomic E-state index is 0.0217. The predicted octanol–water partition coefficient (Wildman–Crippen LogP) is 3.76. The Bertz CT molecular complexity index is 443. The highest BCUT2D eigenvalue weighted by atomic mass is 19.1. The molecule has 0 atom stereocenters. The number of likely N-dealkylation sites (tertiary alicyclic amines) is 1. The second-order valence-corrected chi connectivity index (χ2v) is 4.81. The summed E-state index contributed by atoms with van der Waals surface area (Å²) in [5.41, 5.74) is 0.0217. The van der Waals surface area contributed by atoms with Gasteiger partial charge in [0.25, 0.3) is 0 Å². The molecule has 2 rings (SSSR count). The molecular formula is C14H18F2N2O. The number of hydrogen-bond donors (Lipinski definition) is 1. The zero-order chi connectivity index (χ0) is 13.7. The largest absolute Gasteiger partial charge is 0.325 e. The van der Waals surface area contributed by atoms with Gasteiger partial charge >= 0.3 is 6.03 Å². The first-order valence-electron chi connectivity index (χ1n) is 6.68. The maximum Gasteiger partial charge on any atom is 0.321 e. The lowest BCUT2D eigenvalue weighted by molar-refractivity contribution is 0.206. The SMILES string of the molecule is O=C(Nc1ccc(F)cc1F)N1CCCCCCC1. The molecule has 0 bridgehead atoms. The van der Waals surface area contributed by atoms with E-state index in [1.165, 1.54) is 12.5 Å². The number of carbonyl (C=O) groups excluding carboxylic acids is 1. The number of anilines is 1. The summed E-state index contributed by atoms with van der Waals surface area (Å²) in [6.45, 7) is 1.38. The summed E-state index contributed by atoms with van der Waals surface area (Å²) in [5.74, 6) is -1.40. The number of nitrogens with zero attached hydrogens (tertiary/aromatic N) is 1. The number of benzene rings is 1. The first-order valence-corrected chi connectivity index (χ1v) is 6.68. The quantitative estimate of drug-likeness (QED) is 0.826. The minimum Gasteiger partial charge on any atom is -0.325 e. The first kappa shape index (κ1) is 13.8. The standard InChI is InChI=1S/C14H18F2N2O/c15-11-6-7-13(12(16)10-11)17-14(19)18-8-4-2-1-3-5-9-18/h6-7,10H,1-5,8-9H2,(H,17,19). The van der Waals surface area contributed by atoms with Crippen molar-refractivity contribution in [2.24, 2.45) is 0 Å². The fraction of sp³-hybridized carbons (Fsp3) is 0.500. The Hall–Kier alpha value is -1.65. The van der Waals surface area contributed by atoms with Crippen LogP contribution in [0.3, 0.4) is 0 Å². The van der Waals surface area contributed by atoms with E-state index in [1.54, 1.807) is 4.90 Å². The highest BCUT2D eigenvalue weighted by molar-refractivity contribution is 5.89. The first-order chi connectivity index (χ1) is 9.16. The fourth-order valence-electron chi connectivity index (χ4n) is 2.24. The van der Waals surface area contributed by atoms with Gasteiger partial charge in [0.1, 0.15) is 11.6 Å². The molecule has 2 amide bonds. The highest BCUT2D eigenvalue weighted by Crippen LogP contribution is 2.17. The Morgan fingerprint density at radius 1 is 1.05 bits per heavy atom. The zero-order valence-corrected chi connectivity index (χ0v) is 10.8. The second kappa shape index (κ2) is 6.50. The zero-order valence-electron chi connectivity index (χ0n) is 10.8. The summed E-state index contributed by atoms with van der Waals surface area (Å²) in [6, 6.07) is 2.83. The van der Waals surface area contributed by atoms with E-state index in [1.807, 2.05) is 0 Å². The number of amides is 2. The molecule has 1 aliphatic heterocycles. The van der Waals surface area contributed by atoms with E-state index in [9.17, 15) is 13.6 Å². The van der Waals surface area contributed by atoms with Crippen molar-refractivity contribution in [3.63, 3.8) is 0 Å². The topological polar surface area (TPSA) is 32.3 Å². The third-order valence-electron chi connectivity index (χ3n) is 3.32. The predicted molar refractivity (Wildman–Crippen MR) is 70.0 cm³/mol. The number of halogens is 2. The third-order valence-corrected chi connectivity index (χ3v) is 3.32. The lowest BCUT2D eigenvalue weighted by Crippen LogP contribution is -2.37. The van der Waals surface area contributed by atoms with Gasteiger partial charge in [-0.05, 0) is 25.0 Å². The van der Waals surface area contributed by atoms with Crippen molar-refractivity contribution in [1.29, 1.82) is 0 Å². The molecule has 1 fully saturated rings. The average molecular weight is 268 g/mol. The number of rotatable bonds is 1. The van der Waals surface area contributed by atoms with Crippen LogP contribution in [0.25, 0.3) is 0 Å². The molecule has 0 aromatic heterocycles. The van der Waals surface area contributed by atoms with Crippen LogP contribution in [-0.2, 0) is 0 Å². The van der Waals surface area contributed by atoms with E-state index >= 15 is 0 Å². The number of nitrogens with one attached hydrogen (secondary N) is 1. The van der Waals surface area contributed by atoms with Gasteiger partial charge in [0.2, 0.25) is 0 Å². The van der Waals surface area contributed by atoms with Gasteiger partial charge in [0.15, 0.2) is 0 Å². The van der Waals surface area contributed by atoms with Crippen LogP contribution in [0.5, 0.6) is 0 Å². The molecule has 0 radical (unpaired) electrons. The van der Waals surface area contributed by atoms with E-state index in [-0.39, 0.29) is 11.7 Å². The Morgan fingerprint density at radius 2 is 1.68 bits per heavy atom. The van der Waals surface area contributed by atoms with Crippen molar-refractivity contribution in [3.05, 3.63) is 29.8 Å². The van der Waals surface area contributed by atoms with E-state index < -0.39 is 11.6 Å². The molecule has 1 N–H and O–H groups in total. The molecule has 1 aromatic carbocycles. The van der Waals surface area contributed by atoms with Crippen LogP contribution >= 0.6 is 0 Å². The Morgan fingerprint density at radius 3 is 2.32 bits per heavy atom. The van der Waals surface area contributed by atoms with Crippen molar-refractivity contribution in [1.82, 2.24) is 4.90 Å². The van der Waals surface area contributed by atoms with Crippen LogP contribution in [0.15, 0.2) is 18.2 Å². The summed E-state index contributed by atoms with van der Waals surface area (Å²) in [7, 11) is 0. The number of hydrogen-bond acceptors (Lipinski definition) is 1. The Balaban J connectivity index is 1.98. The second-order valence-electron chi connectivity index (χ2n) is 4.81. The van der Waals surface area contributed by atoms with E-state index in [0.29, 0.717) is 13.1 Å². The molecule has 0 spiro atoms. The van der Waals surface area contributed by atoms with Crippen molar-refractivity contribution in [2.75, 3.05) is 18.4 Å². The molecule has 1 aliphatic rings. The van der Waals surface area contributed by atoms with Gasteiger partial charge in [-0.3, -0.25) is 0 Å². The van der Waals surface area contributed by atoms with Crippen molar-refractivity contribution in [3.8, 4) is 0 Å². The average Bonchev–Trinajstić information content (AvgIpc) is 2.32. The molecule has 1 saturated heterocycles. The maximum absolute atomic E-state index is 13.4. The van der Waals surface area contributed by atoms with Crippen molar-refractivity contribution >= 4 is 11.7 Å². The lowest BCUT2D eigenvalue weighted by atomic mass is 10.1. The number of carbonyl (C=O) groups is 1. The maximum atomic E-state index is 13.4. The molecule has 0 aliphatic carbocycles. The fourth-order valence-corrected chi connectivity index (χ4v) is 2.24. The van der Waals surface area contributed by atoms with Crippen LogP contribution < -0.4 is 5.32 Å². The van der Waals surface area contributed by atoms with Gasteiger partial charge in [-0.25, -0.2) is 13.6 Å². The molecule has 1 aromatic rings. The van der Waals surface area contributed by atoms with Crippen LogP contribution in [0, 0.1) is 11.6 Å². The summed E-state index contributed by atoms with van der Waals surface area (Å²) < 4.78 is 26.2. The molecule has 3 nitrogen and oxygen atoms in total. The molecule has 1 heterocycles. The van der Waals surface area contributed by atoms with E-state index in [4.69, 9.17) is 0 Å². The molecular weight excluding hydrogens is 250 g/mol. The third kappa shape index (κ3) is 3.91. The number of urea groups is 1. The Labute approximate surface area is 111 Å². The monoisotopic (exact) mass is 268 g/mol. The van der Waals surface area contributed by atoms with E-state index in [2.05, 4.69) is 5.32 Å². The molecule has 0 unspecified atom stereocenters. The highest BCUT2D eigenvalue weighted by Gasteiger charge is 2.16. The van der Waals surface area contributed by atoms with Crippen LogP contribution in [0.2, 0.25) is 0 Å². The summed E-state index contributed by atoms with van der Waals surface area (Å²) in [5, 5.41) is 2.50. The summed E-state index contributed by atoms with van der Waals surface area (Å²) in [6.07, 6.45) is 5.39. The van der Waals surface area contributed by atoms with Gasteiger partial charge in [-0.2, -0.15) is 0 Å². The van der Waals surface area contributed by atoms with Gasteiger partial charge in [-0.1, -0.05) is 19.3 Å². The van der Waals surface area contributed by atoms with Crippen LogP contribution in [-0.4, -0.2) is 24.0 Å². The normalized spacial score (nSPS) is 16.6. The smallest absolute Gasteiger partial charge is 0.321 e. The van der Waals surface area contributed by atoms with Gasteiger partial charge in [0.05, 0.1) is 5.69 Å². The summed E-state index contributed by atoms with van der Waals surface area (Å²) >= 11 is 0. The van der Waals surface area contributed by atoms with Crippen molar-refractivity contribution in [2.45, 2.75) is 32.1 Å². The van der Waals surface area contributed by atoms with Gasteiger partial charge in [-0.15, -0.1) is 0 Å². The van der Waals surface area contributed by atoms with Crippen LogP contribution in [0.4, 0.5) is 19.3 Å². The molecule has 0 saturated carbocycles. The lowest BCUT2D eigenvalue weighted by Gasteiger charge is -2.25.